The fourth-order valence-electron chi connectivity index (χ4n) is 4.34. The summed E-state index contributed by atoms with van der Waals surface area (Å²) in [6.45, 7) is -0.411. The molecule has 0 spiro atoms. The van der Waals surface area contributed by atoms with Gasteiger partial charge in [-0.15, -0.1) is 0 Å². The quantitative estimate of drug-likeness (QED) is 0.282. The average Bonchev–Trinajstić information content (AvgIpc) is 3.31. The standard InChI is InChI=1S/C29H22N2O6/c1-37-23-9-7-22(8-10-23)31-15-26(19-6-11-24(29(35)36)21(12-19)16-32)25-13-20(14-30-27(25)31)17-2-4-18(5-3-17)28(33)34/h2-15,32H,16H2,1H3,(H,33,34)(H,35,36). The second-order valence-electron chi connectivity index (χ2n) is 8.42. The smallest absolute Gasteiger partial charge is 0.336 e. The maximum Gasteiger partial charge on any atom is 0.336 e. The molecule has 0 saturated heterocycles. The first kappa shape index (κ1) is 23.8. The van der Waals surface area contributed by atoms with Gasteiger partial charge in [-0.1, -0.05) is 18.2 Å². The molecule has 0 fully saturated rings. The summed E-state index contributed by atoms with van der Waals surface area (Å²) in [5.74, 6) is -1.38. The number of hydrogen-bond acceptors (Lipinski definition) is 5. The van der Waals surface area contributed by atoms with Crippen LogP contribution < -0.4 is 4.74 Å². The Kier molecular flexibility index (Phi) is 6.17. The van der Waals surface area contributed by atoms with Gasteiger partial charge in [0.15, 0.2) is 0 Å². The Hall–Kier alpha value is -4.95. The van der Waals surface area contributed by atoms with Gasteiger partial charge in [0.1, 0.15) is 11.4 Å². The molecule has 5 rings (SSSR count). The van der Waals surface area contributed by atoms with Gasteiger partial charge in [0.25, 0.3) is 0 Å². The monoisotopic (exact) mass is 494 g/mol. The SMILES string of the molecule is COc1ccc(-n2cc(-c3ccc(C(=O)O)c(CO)c3)c3cc(-c4ccc(C(=O)O)cc4)cnc32)cc1. The van der Waals surface area contributed by atoms with Crippen LogP contribution in [0.1, 0.15) is 26.3 Å². The zero-order chi connectivity index (χ0) is 26.1. The lowest BCUT2D eigenvalue weighted by atomic mass is 9.98. The molecule has 0 unspecified atom stereocenters. The normalized spacial score (nSPS) is 11.0. The highest BCUT2D eigenvalue weighted by Crippen LogP contribution is 2.35. The van der Waals surface area contributed by atoms with Crippen molar-refractivity contribution in [2.75, 3.05) is 7.11 Å². The Morgan fingerprint density at radius 2 is 1.57 bits per heavy atom. The van der Waals surface area contributed by atoms with Gasteiger partial charge in [0, 0.05) is 34.6 Å². The first-order valence-electron chi connectivity index (χ1n) is 11.4. The van der Waals surface area contributed by atoms with E-state index >= 15 is 0 Å². The first-order valence-corrected chi connectivity index (χ1v) is 11.4. The third-order valence-corrected chi connectivity index (χ3v) is 6.28. The van der Waals surface area contributed by atoms with E-state index in [-0.39, 0.29) is 11.1 Å². The van der Waals surface area contributed by atoms with Crippen LogP contribution in [0.2, 0.25) is 0 Å². The second kappa shape index (κ2) is 9.60. The van der Waals surface area contributed by atoms with E-state index in [0.717, 1.165) is 39.1 Å². The largest absolute Gasteiger partial charge is 0.497 e. The van der Waals surface area contributed by atoms with Crippen molar-refractivity contribution in [3.8, 4) is 33.7 Å². The third kappa shape index (κ3) is 4.41. The molecular formula is C29H22N2O6. The van der Waals surface area contributed by atoms with E-state index in [9.17, 15) is 24.9 Å². The van der Waals surface area contributed by atoms with Crippen molar-refractivity contribution < 1.29 is 29.6 Å². The van der Waals surface area contributed by atoms with Crippen LogP contribution in [-0.4, -0.2) is 43.9 Å². The summed E-state index contributed by atoms with van der Waals surface area (Å²) in [7, 11) is 1.60. The van der Waals surface area contributed by atoms with Gasteiger partial charge in [-0.3, -0.25) is 0 Å². The lowest BCUT2D eigenvalue weighted by Gasteiger charge is -2.07. The van der Waals surface area contributed by atoms with Gasteiger partial charge < -0.3 is 24.6 Å². The molecule has 184 valence electrons. The van der Waals surface area contributed by atoms with Crippen LogP contribution in [0.25, 0.3) is 39.0 Å². The molecule has 3 aromatic carbocycles. The fraction of sp³-hybridized carbons (Fsp3) is 0.0690. The van der Waals surface area contributed by atoms with Crippen molar-refractivity contribution in [1.82, 2.24) is 9.55 Å². The van der Waals surface area contributed by atoms with Gasteiger partial charge in [-0.25, -0.2) is 14.6 Å². The molecule has 8 heteroatoms. The maximum atomic E-state index is 11.6. The number of rotatable bonds is 7. The fourth-order valence-corrected chi connectivity index (χ4v) is 4.34. The number of methoxy groups -OCH3 is 1. The van der Waals surface area contributed by atoms with Crippen LogP contribution in [0.3, 0.4) is 0 Å². The number of carboxylic acids is 2. The van der Waals surface area contributed by atoms with E-state index in [2.05, 4.69) is 0 Å². The van der Waals surface area contributed by atoms with Gasteiger partial charge in [-0.2, -0.15) is 0 Å². The minimum atomic E-state index is -1.11. The number of aliphatic hydroxyl groups is 1. The van der Waals surface area contributed by atoms with Gasteiger partial charge in [0.05, 0.1) is 24.8 Å². The third-order valence-electron chi connectivity index (χ3n) is 6.28. The number of aliphatic hydroxyl groups excluding tert-OH is 1. The zero-order valence-corrected chi connectivity index (χ0v) is 19.8. The molecule has 2 aromatic heterocycles. The molecule has 0 aliphatic carbocycles. The molecule has 0 radical (unpaired) electrons. The van der Waals surface area contributed by atoms with Crippen LogP contribution in [0.4, 0.5) is 0 Å². The number of aromatic carboxylic acids is 2. The maximum absolute atomic E-state index is 11.6. The molecule has 0 aliphatic rings. The predicted molar refractivity (Wildman–Crippen MR) is 138 cm³/mol. The number of fused-ring (bicyclic) bond motifs is 1. The minimum absolute atomic E-state index is 0.0440. The van der Waals surface area contributed by atoms with Gasteiger partial charge in [-0.05, 0) is 71.3 Å². The zero-order valence-electron chi connectivity index (χ0n) is 19.8. The Labute approximate surface area is 211 Å². The predicted octanol–water partition coefficient (Wildman–Crippen LogP) is 5.26. The molecular weight excluding hydrogens is 472 g/mol. The summed E-state index contributed by atoms with van der Waals surface area (Å²) in [6.07, 6.45) is 3.66. The summed E-state index contributed by atoms with van der Waals surface area (Å²) in [4.78, 5) is 27.6. The minimum Gasteiger partial charge on any atom is -0.497 e. The molecule has 0 saturated carbocycles. The van der Waals surface area contributed by atoms with Crippen molar-refractivity contribution >= 4 is 23.0 Å². The van der Waals surface area contributed by atoms with E-state index in [1.54, 1.807) is 49.7 Å². The molecule has 0 aliphatic heterocycles. The van der Waals surface area contributed by atoms with E-state index in [0.29, 0.717) is 11.2 Å². The summed E-state index contributed by atoms with van der Waals surface area (Å²) >= 11 is 0. The van der Waals surface area contributed by atoms with Crippen LogP contribution >= 0.6 is 0 Å². The molecule has 37 heavy (non-hydrogen) atoms. The molecule has 3 N–H and O–H groups in total. The van der Waals surface area contributed by atoms with E-state index in [1.165, 1.54) is 6.07 Å². The lowest BCUT2D eigenvalue weighted by molar-refractivity contribution is 0.0684. The summed E-state index contributed by atoms with van der Waals surface area (Å²) in [6, 6.07) is 20.9. The van der Waals surface area contributed by atoms with E-state index < -0.39 is 18.5 Å². The number of hydrogen-bond donors (Lipinski definition) is 3. The van der Waals surface area contributed by atoms with Gasteiger partial charge >= 0.3 is 11.9 Å². The van der Waals surface area contributed by atoms with Crippen LogP contribution in [0, 0.1) is 0 Å². The van der Waals surface area contributed by atoms with E-state index in [1.807, 2.05) is 41.1 Å². The molecule has 0 atom stereocenters. The van der Waals surface area contributed by atoms with Gasteiger partial charge in [0.2, 0.25) is 0 Å². The number of ether oxygens (including phenoxy) is 1. The Bertz CT molecular complexity index is 1640. The summed E-state index contributed by atoms with van der Waals surface area (Å²) in [5, 5.41) is 29.3. The van der Waals surface area contributed by atoms with Crippen LogP contribution in [-0.2, 0) is 6.61 Å². The Morgan fingerprint density at radius 1 is 0.865 bits per heavy atom. The second-order valence-corrected chi connectivity index (χ2v) is 8.42. The first-order chi connectivity index (χ1) is 17.9. The summed E-state index contributed by atoms with van der Waals surface area (Å²) in [5.41, 5.74) is 5.21. The number of carboxylic acid groups (broad SMARTS) is 2. The van der Waals surface area contributed by atoms with Crippen molar-refractivity contribution in [3.05, 3.63) is 102 Å². The number of nitrogens with zero attached hydrogens (tertiary/aromatic N) is 2. The highest BCUT2D eigenvalue weighted by Gasteiger charge is 2.17. The Morgan fingerprint density at radius 3 is 2.19 bits per heavy atom. The van der Waals surface area contributed by atoms with Crippen LogP contribution in [0.15, 0.2) is 85.2 Å². The summed E-state index contributed by atoms with van der Waals surface area (Å²) < 4.78 is 7.21. The lowest BCUT2D eigenvalue weighted by Crippen LogP contribution is -2.02. The van der Waals surface area contributed by atoms with Crippen molar-refractivity contribution in [2.45, 2.75) is 6.61 Å². The number of aromatic nitrogens is 2. The molecule has 0 amide bonds. The molecule has 8 nitrogen and oxygen atoms in total. The Balaban J connectivity index is 1.71. The van der Waals surface area contributed by atoms with Crippen molar-refractivity contribution in [2.24, 2.45) is 0 Å². The molecule has 0 bridgehead atoms. The number of benzene rings is 3. The highest BCUT2D eigenvalue weighted by molar-refractivity contribution is 5.98. The van der Waals surface area contributed by atoms with Crippen molar-refractivity contribution in [3.63, 3.8) is 0 Å². The average molecular weight is 495 g/mol. The molecule has 5 aromatic rings. The highest BCUT2D eigenvalue weighted by atomic mass is 16.5. The van der Waals surface area contributed by atoms with E-state index in [4.69, 9.17) is 9.72 Å². The topological polar surface area (TPSA) is 122 Å². The number of pyridine rings is 1. The molecule has 2 heterocycles. The van der Waals surface area contributed by atoms with Crippen molar-refractivity contribution in [1.29, 1.82) is 0 Å². The van der Waals surface area contributed by atoms with Crippen LogP contribution in [0.5, 0.6) is 5.75 Å². The number of carbonyl (C=O) groups is 2.